The highest BCUT2D eigenvalue weighted by Crippen LogP contribution is 1.83. The van der Waals surface area contributed by atoms with Gasteiger partial charge in [-0.25, -0.2) is 0 Å². The SMILES string of the molecule is O=CCC1NCNCN1. The van der Waals surface area contributed by atoms with Crippen molar-refractivity contribution in [2.75, 3.05) is 13.3 Å². The smallest absolute Gasteiger partial charge is 0.122 e. The van der Waals surface area contributed by atoms with E-state index in [9.17, 15) is 4.79 Å². The van der Waals surface area contributed by atoms with Gasteiger partial charge in [0, 0.05) is 19.8 Å². The van der Waals surface area contributed by atoms with E-state index in [4.69, 9.17) is 0 Å². The van der Waals surface area contributed by atoms with Crippen LogP contribution in [0, 0.1) is 0 Å². The lowest BCUT2D eigenvalue weighted by atomic mass is 10.3. The van der Waals surface area contributed by atoms with E-state index in [0.29, 0.717) is 6.42 Å². The normalized spacial score (nSPS) is 21.8. The van der Waals surface area contributed by atoms with Gasteiger partial charge >= 0.3 is 0 Å². The molecule has 0 aromatic carbocycles. The fraction of sp³-hybridized carbons (Fsp3) is 0.800. The van der Waals surface area contributed by atoms with Crippen LogP contribution in [0.5, 0.6) is 0 Å². The fourth-order valence-electron chi connectivity index (χ4n) is 0.788. The second-order valence-electron chi connectivity index (χ2n) is 1.97. The molecule has 1 aliphatic rings. The quantitative estimate of drug-likeness (QED) is 0.401. The minimum Gasteiger partial charge on any atom is -0.303 e. The van der Waals surface area contributed by atoms with Gasteiger partial charge in [-0.05, 0) is 0 Å². The van der Waals surface area contributed by atoms with Crippen molar-refractivity contribution in [3.63, 3.8) is 0 Å². The summed E-state index contributed by atoms with van der Waals surface area (Å²) in [6, 6.07) is 0. The Morgan fingerprint density at radius 2 is 2.11 bits per heavy atom. The topological polar surface area (TPSA) is 53.2 Å². The van der Waals surface area contributed by atoms with E-state index in [1.54, 1.807) is 0 Å². The number of carbonyl (C=O) groups is 1. The molecule has 0 radical (unpaired) electrons. The lowest BCUT2D eigenvalue weighted by Crippen LogP contribution is -2.55. The zero-order chi connectivity index (χ0) is 6.53. The Morgan fingerprint density at radius 3 is 2.67 bits per heavy atom. The Kier molecular flexibility index (Phi) is 2.63. The first kappa shape index (κ1) is 6.67. The number of hydrogen-bond donors (Lipinski definition) is 3. The van der Waals surface area contributed by atoms with Gasteiger partial charge in [-0.15, -0.1) is 0 Å². The second kappa shape index (κ2) is 3.55. The van der Waals surface area contributed by atoms with Crippen LogP contribution in [0.4, 0.5) is 0 Å². The molecule has 1 fully saturated rings. The molecule has 0 aromatic heterocycles. The van der Waals surface area contributed by atoms with Gasteiger partial charge in [0.15, 0.2) is 0 Å². The van der Waals surface area contributed by atoms with Crippen LogP contribution in [0.1, 0.15) is 6.42 Å². The summed E-state index contributed by atoms with van der Waals surface area (Å²) in [5, 5.41) is 9.17. The molecule has 4 heteroatoms. The van der Waals surface area contributed by atoms with Crippen LogP contribution >= 0.6 is 0 Å². The van der Waals surface area contributed by atoms with Crippen molar-refractivity contribution >= 4 is 6.29 Å². The lowest BCUT2D eigenvalue weighted by molar-refractivity contribution is -0.108. The average Bonchev–Trinajstić information content (AvgIpc) is 1.91. The highest BCUT2D eigenvalue weighted by atomic mass is 16.1. The van der Waals surface area contributed by atoms with Crippen molar-refractivity contribution in [2.45, 2.75) is 12.6 Å². The first-order chi connectivity index (χ1) is 4.43. The van der Waals surface area contributed by atoms with E-state index in [2.05, 4.69) is 16.0 Å². The Labute approximate surface area is 54.0 Å². The largest absolute Gasteiger partial charge is 0.303 e. The summed E-state index contributed by atoms with van der Waals surface area (Å²) in [4.78, 5) is 9.97. The standard InChI is InChI=1S/C5H11N3O/c9-2-1-5-7-3-6-4-8-5/h2,5-8H,1,3-4H2. The third kappa shape index (κ3) is 2.09. The summed E-state index contributed by atoms with van der Waals surface area (Å²) >= 11 is 0. The minimum atomic E-state index is 0.170. The third-order valence-corrected chi connectivity index (χ3v) is 1.28. The lowest BCUT2D eigenvalue weighted by Gasteiger charge is -2.23. The van der Waals surface area contributed by atoms with Crippen molar-refractivity contribution < 1.29 is 4.79 Å². The molecule has 0 bridgehead atoms. The van der Waals surface area contributed by atoms with Crippen LogP contribution in [0.3, 0.4) is 0 Å². The summed E-state index contributed by atoms with van der Waals surface area (Å²) in [6.07, 6.45) is 1.63. The van der Waals surface area contributed by atoms with E-state index in [0.717, 1.165) is 19.6 Å². The van der Waals surface area contributed by atoms with Gasteiger partial charge in [0.1, 0.15) is 6.29 Å². The molecule has 1 aliphatic heterocycles. The highest BCUT2D eigenvalue weighted by Gasteiger charge is 2.08. The van der Waals surface area contributed by atoms with Crippen LogP contribution in [0.25, 0.3) is 0 Å². The van der Waals surface area contributed by atoms with Crippen molar-refractivity contribution in [3.05, 3.63) is 0 Å². The maximum atomic E-state index is 9.97. The maximum Gasteiger partial charge on any atom is 0.122 e. The molecule has 52 valence electrons. The van der Waals surface area contributed by atoms with Crippen molar-refractivity contribution in [2.24, 2.45) is 0 Å². The van der Waals surface area contributed by atoms with Crippen LogP contribution in [0.2, 0.25) is 0 Å². The Balaban J connectivity index is 2.15. The Bertz CT molecular complexity index is 90.2. The van der Waals surface area contributed by atoms with Gasteiger partial charge in [0.25, 0.3) is 0 Å². The molecule has 0 aliphatic carbocycles. The average molecular weight is 129 g/mol. The first-order valence-corrected chi connectivity index (χ1v) is 3.04. The van der Waals surface area contributed by atoms with E-state index in [1.165, 1.54) is 0 Å². The Hall–Kier alpha value is -0.450. The monoisotopic (exact) mass is 129 g/mol. The van der Waals surface area contributed by atoms with Gasteiger partial charge in [-0.2, -0.15) is 0 Å². The molecule has 0 amide bonds. The molecule has 4 nitrogen and oxygen atoms in total. The summed E-state index contributed by atoms with van der Waals surface area (Å²) < 4.78 is 0. The van der Waals surface area contributed by atoms with Gasteiger partial charge in [0.05, 0.1) is 6.17 Å². The van der Waals surface area contributed by atoms with E-state index in [1.807, 2.05) is 0 Å². The predicted molar refractivity (Wildman–Crippen MR) is 33.6 cm³/mol. The minimum absolute atomic E-state index is 0.170. The molecule has 0 saturated carbocycles. The molecule has 1 heterocycles. The maximum absolute atomic E-state index is 9.97. The molecular weight excluding hydrogens is 118 g/mol. The second-order valence-corrected chi connectivity index (χ2v) is 1.97. The zero-order valence-corrected chi connectivity index (χ0v) is 5.18. The number of rotatable bonds is 2. The molecule has 0 spiro atoms. The third-order valence-electron chi connectivity index (χ3n) is 1.28. The van der Waals surface area contributed by atoms with Crippen molar-refractivity contribution in [1.29, 1.82) is 0 Å². The van der Waals surface area contributed by atoms with Crippen LogP contribution < -0.4 is 16.0 Å². The Morgan fingerprint density at radius 1 is 1.44 bits per heavy atom. The van der Waals surface area contributed by atoms with Crippen LogP contribution in [0.15, 0.2) is 0 Å². The number of aldehydes is 1. The fourth-order valence-corrected chi connectivity index (χ4v) is 0.788. The predicted octanol–water partition coefficient (Wildman–Crippen LogP) is -1.40. The van der Waals surface area contributed by atoms with Gasteiger partial charge in [0.2, 0.25) is 0 Å². The molecule has 0 atom stereocenters. The zero-order valence-electron chi connectivity index (χ0n) is 5.18. The number of hydrogen-bond acceptors (Lipinski definition) is 4. The van der Waals surface area contributed by atoms with Gasteiger partial charge < -0.3 is 4.79 Å². The van der Waals surface area contributed by atoms with E-state index < -0.39 is 0 Å². The van der Waals surface area contributed by atoms with Crippen molar-refractivity contribution in [1.82, 2.24) is 16.0 Å². The van der Waals surface area contributed by atoms with Gasteiger partial charge in [-0.1, -0.05) is 0 Å². The van der Waals surface area contributed by atoms with Crippen molar-refractivity contribution in [3.8, 4) is 0 Å². The molecule has 9 heavy (non-hydrogen) atoms. The number of nitrogens with one attached hydrogen (secondary N) is 3. The molecule has 3 N–H and O–H groups in total. The molecule has 0 aromatic rings. The molecule has 1 saturated heterocycles. The molecule has 0 unspecified atom stereocenters. The number of carbonyl (C=O) groups excluding carboxylic acids is 1. The summed E-state index contributed by atoms with van der Waals surface area (Å²) in [6.45, 7) is 1.57. The highest BCUT2D eigenvalue weighted by molar-refractivity contribution is 5.50. The van der Waals surface area contributed by atoms with E-state index in [-0.39, 0.29) is 6.17 Å². The van der Waals surface area contributed by atoms with E-state index >= 15 is 0 Å². The molecule has 1 rings (SSSR count). The molecular formula is C5H11N3O. The first-order valence-electron chi connectivity index (χ1n) is 3.04. The van der Waals surface area contributed by atoms with Crippen LogP contribution in [-0.2, 0) is 4.79 Å². The van der Waals surface area contributed by atoms with Gasteiger partial charge in [-0.3, -0.25) is 16.0 Å². The van der Waals surface area contributed by atoms with Crippen LogP contribution in [-0.4, -0.2) is 25.8 Å². The summed E-state index contributed by atoms with van der Waals surface area (Å²) in [5.74, 6) is 0. The summed E-state index contributed by atoms with van der Waals surface area (Å²) in [5.41, 5.74) is 0. The summed E-state index contributed by atoms with van der Waals surface area (Å²) in [7, 11) is 0.